The van der Waals surface area contributed by atoms with Crippen LogP contribution >= 0.6 is 0 Å². The average Bonchev–Trinajstić information content (AvgIpc) is 3.36. The Morgan fingerprint density at radius 2 is 0.338 bits per heavy atom. The van der Waals surface area contributed by atoms with Gasteiger partial charge >= 0.3 is 23.9 Å². The maximum absolute atomic E-state index is 12.7. The Morgan fingerprint density at radius 3 is 0.403 bits per heavy atom. The largest absolute Gasteiger partial charge is 4.00 e. The zero-order valence-electron chi connectivity index (χ0n) is 52.3. The maximum atomic E-state index is 12.7. The number of carbonyl (C=O) groups is 8. The minimum atomic E-state index is -1.19. The van der Waals surface area contributed by atoms with Crippen molar-refractivity contribution >= 4 is 70.9 Å². The van der Waals surface area contributed by atoms with Crippen molar-refractivity contribution in [2.45, 2.75) is 316 Å². The molecule has 0 aromatic rings. The summed E-state index contributed by atoms with van der Waals surface area (Å²) in [6.07, 6.45) is 24.9. The van der Waals surface area contributed by atoms with Gasteiger partial charge in [-0.3, -0.25) is 19.2 Å². The molecule has 448 valence electrons. The molecule has 0 saturated heterocycles. The Balaban J connectivity index is -0.000000298. The van der Waals surface area contributed by atoms with Crippen LogP contribution in [-0.4, -0.2) is 70.9 Å². The zero-order chi connectivity index (χ0) is 59.6. The molecule has 0 aromatic heterocycles. The van der Waals surface area contributed by atoms with Crippen LogP contribution in [0, 0.1) is 45.3 Å². The van der Waals surface area contributed by atoms with Gasteiger partial charge in [0.2, 0.25) is 0 Å². The molecule has 0 aliphatic heterocycles. The molecular formula is C64H116O12Sn. The summed E-state index contributed by atoms with van der Waals surface area (Å²) in [5.41, 5.74) is -1.79. The van der Waals surface area contributed by atoms with E-state index >= 15 is 0 Å². The summed E-state index contributed by atoms with van der Waals surface area (Å²) in [6, 6.07) is 0. The summed E-state index contributed by atoms with van der Waals surface area (Å²) in [6.45, 7) is 32.3. The number of hydrogen-bond donors (Lipinski definition) is 0. The van der Waals surface area contributed by atoms with E-state index in [-0.39, 0.29) is 47.0 Å². The van der Waals surface area contributed by atoms with E-state index in [1.54, 1.807) is 0 Å². The number of carboxylic acids is 4. The first kappa shape index (κ1) is 83.2. The molecule has 4 unspecified atom stereocenters. The predicted octanol–water partition coefficient (Wildman–Crippen LogP) is 12.1. The van der Waals surface area contributed by atoms with Crippen LogP contribution < -0.4 is 20.4 Å². The van der Waals surface area contributed by atoms with E-state index in [0.717, 1.165) is 154 Å². The second-order valence-corrected chi connectivity index (χ2v) is 22.2. The summed E-state index contributed by atoms with van der Waals surface area (Å²) < 4.78 is 0. The first-order valence-corrected chi connectivity index (χ1v) is 30.9. The van der Waals surface area contributed by atoms with Crippen molar-refractivity contribution in [1.29, 1.82) is 0 Å². The van der Waals surface area contributed by atoms with Crippen molar-refractivity contribution in [3.05, 3.63) is 0 Å². The average molecular weight is 1200 g/mol. The minimum Gasteiger partial charge on any atom is -0.549 e. The van der Waals surface area contributed by atoms with Crippen molar-refractivity contribution in [3.63, 3.8) is 0 Å². The SMILES string of the molecule is CCCC(C(=O)[O-])C(=O)C(CCC)(CCC)CCC.CCCC(C(=O)[O-])C(=O)C(CCC)(CCC)CCC.CCCC(C(=O)[O-])C(=O)C(CCC)(CCC)CCC.CCCC(C(=O)[O-])C(=O)C(CCC)(CCC)CCC.[Sn+4]. The number of carbonyl (C=O) groups excluding carboxylic acids is 8. The van der Waals surface area contributed by atoms with Crippen LogP contribution in [0.15, 0.2) is 0 Å². The molecule has 0 N–H and O–H groups in total. The van der Waals surface area contributed by atoms with Gasteiger partial charge in [0, 0.05) is 21.7 Å². The molecule has 77 heavy (non-hydrogen) atoms. The van der Waals surface area contributed by atoms with E-state index in [1.807, 2.05) is 27.7 Å². The molecule has 0 saturated carbocycles. The molecule has 0 aliphatic carbocycles. The topological polar surface area (TPSA) is 229 Å². The van der Waals surface area contributed by atoms with Crippen LogP contribution in [0.3, 0.4) is 0 Å². The normalized spacial score (nSPS) is 13.1. The van der Waals surface area contributed by atoms with Gasteiger partial charge in [-0.2, -0.15) is 0 Å². The first-order valence-electron chi connectivity index (χ1n) is 30.9. The Kier molecular flexibility index (Phi) is 52.0. The molecular weight excluding hydrogens is 1080 g/mol. The molecule has 12 nitrogen and oxygen atoms in total. The van der Waals surface area contributed by atoms with Gasteiger partial charge in [-0.05, 0) is 103 Å². The Hall–Kier alpha value is -2.64. The van der Waals surface area contributed by atoms with Gasteiger partial charge in [0.1, 0.15) is 23.1 Å². The molecule has 0 heterocycles. The molecule has 0 spiro atoms. The Bertz CT molecular complexity index is 1310. The van der Waals surface area contributed by atoms with Gasteiger partial charge in [0.15, 0.2) is 0 Å². The van der Waals surface area contributed by atoms with Gasteiger partial charge in [-0.15, -0.1) is 0 Å². The smallest absolute Gasteiger partial charge is 0.549 e. The third kappa shape index (κ3) is 29.1. The van der Waals surface area contributed by atoms with Crippen molar-refractivity contribution in [3.8, 4) is 0 Å². The maximum Gasteiger partial charge on any atom is 4.00 e. The van der Waals surface area contributed by atoms with Crippen LogP contribution in [0.4, 0.5) is 0 Å². The molecule has 0 bridgehead atoms. The van der Waals surface area contributed by atoms with Gasteiger partial charge < -0.3 is 39.6 Å². The molecule has 0 rings (SSSR count). The third-order valence-electron chi connectivity index (χ3n) is 15.5. The van der Waals surface area contributed by atoms with E-state index < -0.39 is 69.2 Å². The number of hydrogen-bond acceptors (Lipinski definition) is 12. The second-order valence-electron chi connectivity index (χ2n) is 22.2. The van der Waals surface area contributed by atoms with Crippen LogP contribution in [-0.2, 0) is 38.4 Å². The van der Waals surface area contributed by atoms with E-state index in [0.29, 0.717) is 51.4 Å². The molecule has 0 aliphatic rings. The summed E-state index contributed by atoms with van der Waals surface area (Å²) >= 11 is 0. The number of ketones is 4. The van der Waals surface area contributed by atoms with Crippen LogP contribution in [0.25, 0.3) is 0 Å². The van der Waals surface area contributed by atoms with Crippen molar-refractivity contribution < 1.29 is 58.8 Å². The van der Waals surface area contributed by atoms with E-state index in [4.69, 9.17) is 0 Å². The van der Waals surface area contributed by atoms with E-state index in [2.05, 4.69) is 83.1 Å². The number of aliphatic carboxylic acids is 4. The monoisotopic (exact) mass is 1200 g/mol. The van der Waals surface area contributed by atoms with Crippen LogP contribution in [0.1, 0.15) is 316 Å². The van der Waals surface area contributed by atoms with Crippen molar-refractivity contribution in [2.75, 3.05) is 0 Å². The van der Waals surface area contributed by atoms with E-state index in [9.17, 15) is 58.8 Å². The fourth-order valence-electron chi connectivity index (χ4n) is 12.8. The summed E-state index contributed by atoms with van der Waals surface area (Å²) in [7, 11) is 0. The first-order chi connectivity index (χ1) is 35.9. The summed E-state index contributed by atoms with van der Waals surface area (Å²) in [5, 5.41) is 45.0. The van der Waals surface area contributed by atoms with Crippen molar-refractivity contribution in [2.24, 2.45) is 45.3 Å². The molecule has 13 heteroatoms. The van der Waals surface area contributed by atoms with Crippen molar-refractivity contribution in [1.82, 2.24) is 0 Å². The second kappa shape index (κ2) is 48.1. The summed E-state index contributed by atoms with van der Waals surface area (Å²) in [4.78, 5) is 96.0. The van der Waals surface area contributed by atoms with E-state index in [1.165, 1.54) is 0 Å². The Morgan fingerprint density at radius 1 is 0.234 bits per heavy atom. The third-order valence-corrected chi connectivity index (χ3v) is 15.5. The predicted molar refractivity (Wildman–Crippen MR) is 308 cm³/mol. The quantitative estimate of drug-likeness (QED) is 0.0410. The molecule has 0 radical (unpaired) electrons. The molecule has 4 atom stereocenters. The van der Waals surface area contributed by atoms with Crippen LogP contribution in [0.5, 0.6) is 0 Å². The van der Waals surface area contributed by atoms with Gasteiger partial charge in [0.05, 0.1) is 47.5 Å². The standard InChI is InChI=1S/4C16H30O3.Sn/c4*1-5-9-13(15(18)19)14(17)16(10-6-2,11-7-3)12-8-4;/h4*13H,5-12H2,1-4H3,(H,18,19);/q;;;;+4/p-4. The minimum absolute atomic E-state index is 0. The zero-order valence-corrected chi connectivity index (χ0v) is 55.2. The number of rotatable bonds is 44. The molecule has 0 fully saturated rings. The number of Topliss-reactive ketones (excluding diaryl/α,β-unsaturated/α-hetero) is 4. The fourth-order valence-corrected chi connectivity index (χ4v) is 12.8. The number of carboxylic acid groups (broad SMARTS) is 4. The Labute approximate surface area is 488 Å². The van der Waals surface area contributed by atoms with Gasteiger partial charge in [-0.1, -0.05) is 214 Å². The van der Waals surface area contributed by atoms with Gasteiger partial charge in [-0.25, -0.2) is 0 Å². The molecule has 0 aromatic carbocycles. The fraction of sp³-hybridized carbons (Fsp3) is 0.875. The van der Waals surface area contributed by atoms with Gasteiger partial charge in [0.25, 0.3) is 0 Å². The van der Waals surface area contributed by atoms with Crippen LogP contribution in [0.2, 0.25) is 0 Å². The summed E-state index contributed by atoms with van der Waals surface area (Å²) in [5.74, 6) is -8.80. The molecule has 0 amide bonds.